The predicted molar refractivity (Wildman–Crippen MR) is 77.7 cm³/mol. The zero-order valence-electron chi connectivity index (χ0n) is 11.5. The van der Waals surface area contributed by atoms with Gasteiger partial charge in [-0.25, -0.2) is 4.98 Å². The van der Waals surface area contributed by atoms with Crippen LogP contribution in [-0.4, -0.2) is 16.2 Å². The Labute approximate surface area is 117 Å². The molecule has 1 atom stereocenters. The third kappa shape index (κ3) is 4.04. The molecule has 0 amide bonds. The van der Waals surface area contributed by atoms with Gasteiger partial charge in [0.2, 0.25) is 0 Å². The molecule has 1 heterocycles. The normalized spacial score (nSPS) is 12.4. The first-order valence-electron chi connectivity index (χ1n) is 6.37. The first kappa shape index (κ1) is 14.0. The summed E-state index contributed by atoms with van der Waals surface area (Å²) < 4.78 is 5.71. The summed E-state index contributed by atoms with van der Waals surface area (Å²) in [6, 6.07) is 7.84. The van der Waals surface area contributed by atoms with Crippen molar-refractivity contribution >= 4 is 11.3 Å². The predicted octanol–water partition coefficient (Wildman–Crippen LogP) is 3.26. The van der Waals surface area contributed by atoms with Crippen LogP contribution < -0.4 is 4.74 Å². The third-order valence-corrected chi connectivity index (χ3v) is 3.94. The van der Waals surface area contributed by atoms with Crippen LogP contribution in [0.25, 0.3) is 0 Å². The zero-order valence-corrected chi connectivity index (χ0v) is 12.3. The Bertz CT molecular complexity index is 512. The largest absolute Gasteiger partial charge is 0.486 e. The van der Waals surface area contributed by atoms with E-state index in [1.807, 2.05) is 31.2 Å². The Hall–Kier alpha value is -1.39. The van der Waals surface area contributed by atoms with Crippen LogP contribution in [0.5, 0.6) is 5.75 Å². The van der Waals surface area contributed by atoms with Crippen LogP contribution in [0.3, 0.4) is 0 Å². The molecule has 0 saturated heterocycles. The van der Waals surface area contributed by atoms with Crippen molar-refractivity contribution in [1.29, 1.82) is 0 Å². The molecular weight excluding hydrogens is 258 g/mol. The van der Waals surface area contributed by atoms with Gasteiger partial charge in [0, 0.05) is 4.88 Å². The molecule has 102 valence electrons. The van der Waals surface area contributed by atoms with E-state index in [-0.39, 0.29) is 6.10 Å². The number of aryl methyl sites for hydroxylation is 2. The molecule has 19 heavy (non-hydrogen) atoms. The number of aliphatic hydroxyl groups is 1. The molecule has 0 fully saturated rings. The van der Waals surface area contributed by atoms with Crippen molar-refractivity contribution in [1.82, 2.24) is 4.98 Å². The van der Waals surface area contributed by atoms with Gasteiger partial charge in [0.1, 0.15) is 17.4 Å². The molecule has 2 aromatic rings. The highest BCUT2D eigenvalue weighted by Crippen LogP contribution is 2.19. The maximum atomic E-state index is 9.32. The Morgan fingerprint density at radius 3 is 2.47 bits per heavy atom. The molecule has 1 aromatic heterocycles. The highest BCUT2D eigenvalue weighted by molar-refractivity contribution is 7.11. The van der Waals surface area contributed by atoms with Gasteiger partial charge in [-0.15, -0.1) is 11.3 Å². The maximum absolute atomic E-state index is 9.32. The van der Waals surface area contributed by atoms with Crippen molar-refractivity contribution in [2.45, 2.75) is 39.9 Å². The quantitative estimate of drug-likeness (QED) is 0.912. The number of hydrogen-bond acceptors (Lipinski definition) is 4. The van der Waals surface area contributed by atoms with Gasteiger partial charge in [-0.2, -0.15) is 0 Å². The van der Waals surface area contributed by atoms with Crippen LogP contribution in [0.15, 0.2) is 24.3 Å². The molecule has 0 bridgehead atoms. The average molecular weight is 277 g/mol. The van der Waals surface area contributed by atoms with E-state index in [1.54, 1.807) is 18.3 Å². The molecule has 0 aliphatic heterocycles. The molecule has 1 unspecified atom stereocenters. The minimum absolute atomic E-state index is 0.312. The summed E-state index contributed by atoms with van der Waals surface area (Å²) in [5, 5.41) is 10.3. The van der Waals surface area contributed by atoms with Gasteiger partial charge in [0.15, 0.2) is 0 Å². The molecule has 4 heteroatoms. The summed E-state index contributed by atoms with van der Waals surface area (Å²) in [6.07, 6.45) is 0.360. The lowest BCUT2D eigenvalue weighted by atomic mass is 10.1. The Balaban J connectivity index is 1.92. The van der Waals surface area contributed by atoms with Gasteiger partial charge in [0.25, 0.3) is 0 Å². The monoisotopic (exact) mass is 277 g/mol. The van der Waals surface area contributed by atoms with Crippen LogP contribution in [0.2, 0.25) is 0 Å². The Morgan fingerprint density at radius 1 is 1.26 bits per heavy atom. The fraction of sp³-hybridized carbons (Fsp3) is 0.400. The summed E-state index contributed by atoms with van der Waals surface area (Å²) in [4.78, 5) is 5.68. The van der Waals surface area contributed by atoms with Crippen molar-refractivity contribution in [2.24, 2.45) is 0 Å². The van der Waals surface area contributed by atoms with Crippen LogP contribution in [-0.2, 0) is 13.0 Å². The summed E-state index contributed by atoms with van der Waals surface area (Å²) in [5.74, 6) is 0.833. The summed E-state index contributed by atoms with van der Waals surface area (Å²) in [6.45, 7) is 6.38. The zero-order chi connectivity index (χ0) is 13.8. The van der Waals surface area contributed by atoms with Gasteiger partial charge in [-0.3, -0.25) is 0 Å². The van der Waals surface area contributed by atoms with Crippen molar-refractivity contribution in [3.8, 4) is 5.75 Å². The number of ether oxygens (including phenoxy) is 1. The van der Waals surface area contributed by atoms with Crippen molar-refractivity contribution in [2.75, 3.05) is 0 Å². The first-order chi connectivity index (χ1) is 9.04. The highest BCUT2D eigenvalue weighted by Gasteiger charge is 2.05. The Morgan fingerprint density at radius 2 is 1.95 bits per heavy atom. The molecule has 2 rings (SSSR count). The molecular formula is C15H19NO2S. The lowest BCUT2D eigenvalue weighted by Crippen LogP contribution is -2.03. The maximum Gasteiger partial charge on any atom is 0.140 e. The molecule has 0 spiro atoms. The molecule has 0 radical (unpaired) electrons. The van der Waals surface area contributed by atoms with Crippen molar-refractivity contribution in [3.05, 3.63) is 45.4 Å². The SMILES string of the molecule is Cc1nc(COc2ccc(CC(C)O)cc2)sc1C. The second kappa shape index (κ2) is 6.17. The molecule has 3 nitrogen and oxygen atoms in total. The van der Waals surface area contributed by atoms with E-state index in [1.165, 1.54) is 4.88 Å². The van der Waals surface area contributed by atoms with E-state index in [0.29, 0.717) is 13.0 Å². The molecule has 0 aliphatic carbocycles. The number of thiazole rings is 1. The molecule has 1 aromatic carbocycles. The second-order valence-corrected chi connectivity index (χ2v) is 6.02. The standard InChI is InChI=1S/C15H19NO2S/c1-10(17)8-13-4-6-14(7-5-13)18-9-15-16-11(2)12(3)19-15/h4-7,10,17H,8-9H2,1-3H3. The van der Waals surface area contributed by atoms with Gasteiger partial charge >= 0.3 is 0 Å². The molecule has 1 N–H and O–H groups in total. The number of benzene rings is 1. The number of aliphatic hydroxyl groups excluding tert-OH is 1. The number of aromatic nitrogens is 1. The van der Waals surface area contributed by atoms with Crippen LogP contribution in [0.1, 0.15) is 28.1 Å². The molecule has 0 aliphatic rings. The Kier molecular flexibility index (Phi) is 4.56. The smallest absolute Gasteiger partial charge is 0.140 e. The van der Waals surface area contributed by atoms with Crippen LogP contribution in [0.4, 0.5) is 0 Å². The van der Waals surface area contributed by atoms with Gasteiger partial charge in [-0.1, -0.05) is 12.1 Å². The second-order valence-electron chi connectivity index (χ2n) is 4.73. The summed E-state index contributed by atoms with van der Waals surface area (Å²) in [5.41, 5.74) is 2.19. The van der Waals surface area contributed by atoms with Gasteiger partial charge in [-0.05, 0) is 44.9 Å². The number of hydrogen-bond donors (Lipinski definition) is 1. The lowest BCUT2D eigenvalue weighted by Gasteiger charge is -2.07. The van der Waals surface area contributed by atoms with Crippen molar-refractivity contribution < 1.29 is 9.84 Å². The average Bonchev–Trinajstić information content (AvgIpc) is 2.67. The number of nitrogens with zero attached hydrogens (tertiary/aromatic N) is 1. The van der Waals surface area contributed by atoms with E-state index < -0.39 is 0 Å². The summed E-state index contributed by atoms with van der Waals surface area (Å²) in [7, 11) is 0. The highest BCUT2D eigenvalue weighted by atomic mass is 32.1. The van der Waals surface area contributed by atoms with Gasteiger partial charge < -0.3 is 9.84 Å². The van der Waals surface area contributed by atoms with E-state index in [0.717, 1.165) is 22.0 Å². The minimum Gasteiger partial charge on any atom is -0.486 e. The van der Waals surface area contributed by atoms with E-state index in [4.69, 9.17) is 4.74 Å². The minimum atomic E-state index is -0.312. The van der Waals surface area contributed by atoms with Crippen LogP contribution >= 0.6 is 11.3 Å². The molecule has 0 saturated carbocycles. The van der Waals surface area contributed by atoms with E-state index >= 15 is 0 Å². The van der Waals surface area contributed by atoms with Crippen molar-refractivity contribution in [3.63, 3.8) is 0 Å². The summed E-state index contributed by atoms with van der Waals surface area (Å²) >= 11 is 1.68. The third-order valence-electron chi connectivity index (χ3n) is 2.89. The fourth-order valence-electron chi connectivity index (χ4n) is 1.81. The fourth-order valence-corrected chi connectivity index (χ4v) is 2.66. The van der Waals surface area contributed by atoms with E-state index in [9.17, 15) is 5.11 Å². The number of rotatable bonds is 5. The van der Waals surface area contributed by atoms with E-state index in [2.05, 4.69) is 11.9 Å². The van der Waals surface area contributed by atoms with Crippen LogP contribution in [0, 0.1) is 13.8 Å². The topological polar surface area (TPSA) is 42.4 Å². The van der Waals surface area contributed by atoms with Gasteiger partial charge in [0.05, 0.1) is 11.8 Å². The first-order valence-corrected chi connectivity index (χ1v) is 7.19. The lowest BCUT2D eigenvalue weighted by molar-refractivity contribution is 0.195.